The van der Waals surface area contributed by atoms with Crippen LogP contribution < -0.4 is 5.73 Å². The SMILES string of the molecule is CCC(C)n1ccc(CC(N)c2cc(Br)cs2)n1. The maximum Gasteiger partial charge on any atom is 0.0643 e. The molecule has 2 aromatic rings. The van der Waals surface area contributed by atoms with Crippen LogP contribution in [-0.4, -0.2) is 9.78 Å². The summed E-state index contributed by atoms with van der Waals surface area (Å²) < 4.78 is 3.12. The number of aromatic nitrogens is 2. The summed E-state index contributed by atoms with van der Waals surface area (Å²) in [4.78, 5) is 1.19. The predicted molar refractivity (Wildman–Crippen MR) is 79.9 cm³/mol. The molecule has 0 spiro atoms. The Morgan fingerprint density at radius 2 is 2.33 bits per heavy atom. The number of hydrogen-bond donors (Lipinski definition) is 1. The van der Waals surface area contributed by atoms with Crippen molar-refractivity contribution >= 4 is 27.3 Å². The lowest BCUT2D eigenvalue weighted by atomic mass is 10.1. The van der Waals surface area contributed by atoms with Crippen LogP contribution in [0.3, 0.4) is 0 Å². The van der Waals surface area contributed by atoms with E-state index in [1.54, 1.807) is 11.3 Å². The molecule has 0 aliphatic carbocycles. The first-order chi connectivity index (χ1) is 8.60. The van der Waals surface area contributed by atoms with Gasteiger partial charge < -0.3 is 5.73 Å². The number of hydrogen-bond acceptors (Lipinski definition) is 3. The number of halogens is 1. The van der Waals surface area contributed by atoms with Gasteiger partial charge in [-0.05, 0) is 41.4 Å². The fraction of sp³-hybridized carbons (Fsp3) is 0.462. The highest BCUT2D eigenvalue weighted by Crippen LogP contribution is 2.26. The van der Waals surface area contributed by atoms with Crippen LogP contribution in [0, 0.1) is 0 Å². The van der Waals surface area contributed by atoms with Crippen LogP contribution in [0.15, 0.2) is 28.2 Å². The minimum atomic E-state index is 0.0292. The van der Waals surface area contributed by atoms with Gasteiger partial charge in [-0.1, -0.05) is 6.92 Å². The Morgan fingerprint density at radius 3 is 2.94 bits per heavy atom. The number of thiophene rings is 1. The largest absolute Gasteiger partial charge is 0.323 e. The lowest BCUT2D eigenvalue weighted by Gasteiger charge is -2.09. The van der Waals surface area contributed by atoms with Crippen molar-refractivity contribution in [2.75, 3.05) is 0 Å². The fourth-order valence-corrected chi connectivity index (χ4v) is 3.22. The summed E-state index contributed by atoms with van der Waals surface area (Å²) in [6.07, 6.45) is 3.92. The summed E-state index contributed by atoms with van der Waals surface area (Å²) in [5.74, 6) is 0. The molecule has 2 aromatic heterocycles. The van der Waals surface area contributed by atoms with E-state index < -0.39 is 0 Å². The molecule has 5 heteroatoms. The third-order valence-electron chi connectivity index (χ3n) is 3.09. The Morgan fingerprint density at radius 1 is 1.56 bits per heavy atom. The van der Waals surface area contributed by atoms with Gasteiger partial charge in [0.1, 0.15) is 0 Å². The van der Waals surface area contributed by atoms with Gasteiger partial charge in [0.2, 0.25) is 0 Å². The van der Waals surface area contributed by atoms with Crippen LogP contribution in [0.1, 0.15) is 42.9 Å². The molecule has 0 amide bonds. The quantitative estimate of drug-likeness (QED) is 0.904. The fourth-order valence-electron chi connectivity index (χ4n) is 1.77. The molecule has 0 fully saturated rings. The van der Waals surface area contributed by atoms with Crippen LogP contribution in [0.4, 0.5) is 0 Å². The highest BCUT2D eigenvalue weighted by Gasteiger charge is 2.12. The van der Waals surface area contributed by atoms with E-state index >= 15 is 0 Å². The zero-order valence-corrected chi connectivity index (χ0v) is 13.0. The molecule has 98 valence electrons. The summed E-state index contributed by atoms with van der Waals surface area (Å²) in [6.45, 7) is 4.34. The first-order valence-electron chi connectivity index (χ1n) is 6.13. The van der Waals surface area contributed by atoms with Crippen LogP contribution >= 0.6 is 27.3 Å². The van der Waals surface area contributed by atoms with Crippen LogP contribution in [-0.2, 0) is 6.42 Å². The second-order valence-corrected chi connectivity index (χ2v) is 6.38. The Hall–Kier alpha value is -0.650. The molecule has 2 N–H and O–H groups in total. The topological polar surface area (TPSA) is 43.8 Å². The molecule has 2 rings (SSSR count). The minimum Gasteiger partial charge on any atom is -0.323 e. The van der Waals surface area contributed by atoms with Crippen molar-refractivity contribution in [1.82, 2.24) is 9.78 Å². The Balaban J connectivity index is 2.03. The molecule has 3 nitrogen and oxygen atoms in total. The van der Waals surface area contributed by atoms with Gasteiger partial charge in [-0.2, -0.15) is 5.10 Å². The Kier molecular flexibility index (Phi) is 4.59. The molecule has 2 atom stereocenters. The van der Waals surface area contributed by atoms with E-state index in [2.05, 4.69) is 52.4 Å². The van der Waals surface area contributed by atoms with Crippen LogP contribution in [0.25, 0.3) is 0 Å². The standard InChI is InChI=1S/C13H18BrN3S/c1-3-9(2)17-5-4-11(16-17)7-12(15)13-6-10(14)8-18-13/h4-6,8-9,12H,3,7,15H2,1-2H3. The maximum absolute atomic E-state index is 6.20. The van der Waals surface area contributed by atoms with E-state index in [1.165, 1.54) is 4.88 Å². The highest BCUT2D eigenvalue weighted by molar-refractivity contribution is 9.10. The van der Waals surface area contributed by atoms with Gasteiger partial charge in [0.05, 0.1) is 5.69 Å². The second-order valence-electron chi connectivity index (χ2n) is 4.52. The van der Waals surface area contributed by atoms with Gasteiger partial charge in [-0.3, -0.25) is 4.68 Å². The van der Waals surface area contributed by atoms with Crippen molar-refractivity contribution in [3.63, 3.8) is 0 Å². The van der Waals surface area contributed by atoms with Crippen molar-refractivity contribution in [2.24, 2.45) is 5.73 Å². The van der Waals surface area contributed by atoms with Crippen molar-refractivity contribution < 1.29 is 0 Å². The van der Waals surface area contributed by atoms with Gasteiger partial charge in [-0.25, -0.2) is 0 Å². The Bertz CT molecular complexity index is 506. The molecule has 0 aliphatic heterocycles. The first kappa shape index (κ1) is 13.8. The van der Waals surface area contributed by atoms with Gasteiger partial charge >= 0.3 is 0 Å². The molecule has 18 heavy (non-hydrogen) atoms. The number of nitrogens with zero attached hydrogens (tertiary/aromatic N) is 2. The summed E-state index contributed by atoms with van der Waals surface area (Å²) in [6, 6.07) is 4.63. The van der Waals surface area contributed by atoms with Gasteiger partial charge in [0.25, 0.3) is 0 Å². The van der Waals surface area contributed by atoms with E-state index in [0.717, 1.165) is 23.0 Å². The molecule has 0 radical (unpaired) electrons. The zero-order chi connectivity index (χ0) is 13.1. The number of nitrogens with two attached hydrogens (primary N) is 1. The average molecular weight is 328 g/mol. The van der Waals surface area contributed by atoms with Crippen LogP contribution in [0.5, 0.6) is 0 Å². The molecule has 0 aromatic carbocycles. The molecular weight excluding hydrogens is 310 g/mol. The van der Waals surface area contributed by atoms with E-state index in [1.807, 2.05) is 10.9 Å². The van der Waals surface area contributed by atoms with Crippen molar-refractivity contribution in [2.45, 2.75) is 38.8 Å². The average Bonchev–Trinajstić information content (AvgIpc) is 2.97. The number of rotatable bonds is 5. The Labute approximate surface area is 120 Å². The minimum absolute atomic E-state index is 0.0292. The molecule has 0 saturated carbocycles. The summed E-state index contributed by atoms with van der Waals surface area (Å²) >= 11 is 5.14. The first-order valence-corrected chi connectivity index (χ1v) is 7.81. The summed E-state index contributed by atoms with van der Waals surface area (Å²) in [5, 5.41) is 6.65. The van der Waals surface area contributed by atoms with Gasteiger partial charge in [0, 0.05) is 39.4 Å². The normalized spacial score (nSPS) is 14.7. The smallest absolute Gasteiger partial charge is 0.0643 e. The molecule has 0 saturated heterocycles. The summed E-state index contributed by atoms with van der Waals surface area (Å²) in [5.41, 5.74) is 7.26. The van der Waals surface area contributed by atoms with Crippen molar-refractivity contribution in [1.29, 1.82) is 0 Å². The third-order valence-corrected chi connectivity index (χ3v) is 4.91. The van der Waals surface area contributed by atoms with Gasteiger partial charge in [0.15, 0.2) is 0 Å². The van der Waals surface area contributed by atoms with E-state index in [0.29, 0.717) is 6.04 Å². The van der Waals surface area contributed by atoms with Crippen molar-refractivity contribution in [3.05, 3.63) is 38.8 Å². The predicted octanol–water partition coefficient (Wildman–Crippen LogP) is 3.92. The molecular formula is C13H18BrN3S. The molecule has 0 aliphatic rings. The molecule has 0 bridgehead atoms. The van der Waals surface area contributed by atoms with Crippen molar-refractivity contribution in [3.8, 4) is 0 Å². The van der Waals surface area contributed by atoms with E-state index in [9.17, 15) is 0 Å². The lowest BCUT2D eigenvalue weighted by molar-refractivity contribution is 0.472. The van der Waals surface area contributed by atoms with Gasteiger partial charge in [-0.15, -0.1) is 11.3 Å². The zero-order valence-electron chi connectivity index (χ0n) is 10.6. The monoisotopic (exact) mass is 327 g/mol. The molecule has 2 heterocycles. The third kappa shape index (κ3) is 3.22. The highest BCUT2D eigenvalue weighted by atomic mass is 79.9. The van der Waals surface area contributed by atoms with E-state index in [4.69, 9.17) is 5.73 Å². The second kappa shape index (κ2) is 5.99. The lowest BCUT2D eigenvalue weighted by Crippen LogP contribution is -2.13. The maximum atomic E-state index is 6.20. The molecule has 2 unspecified atom stereocenters. The summed E-state index contributed by atoms with van der Waals surface area (Å²) in [7, 11) is 0. The van der Waals surface area contributed by atoms with Crippen LogP contribution in [0.2, 0.25) is 0 Å². The van der Waals surface area contributed by atoms with E-state index in [-0.39, 0.29) is 6.04 Å².